The lowest BCUT2D eigenvalue weighted by Gasteiger charge is -2.39. The quantitative estimate of drug-likeness (QED) is 0.485. The van der Waals surface area contributed by atoms with E-state index in [2.05, 4.69) is 10.6 Å². The molecule has 2 N–H and O–H groups in total. The Balaban J connectivity index is 1.45. The minimum atomic E-state index is -0.672. The van der Waals surface area contributed by atoms with Crippen molar-refractivity contribution in [2.45, 2.75) is 51.5 Å². The second kappa shape index (κ2) is 12.5. The predicted molar refractivity (Wildman–Crippen MR) is 149 cm³/mol. The zero-order chi connectivity index (χ0) is 28.7. The van der Waals surface area contributed by atoms with E-state index in [0.29, 0.717) is 24.2 Å². The SMILES string of the molecule is CC(C)(C)OC(=O)N1CC[C@@H](NC(=O)OCc2ccccc2)[C@@H](NC(=O)c2ccc(-n3ccccc3=O)cc2)C1. The maximum Gasteiger partial charge on any atom is 0.410 e. The molecule has 1 fully saturated rings. The fourth-order valence-electron chi connectivity index (χ4n) is 4.35. The van der Waals surface area contributed by atoms with Crippen LogP contribution in [0.5, 0.6) is 0 Å². The van der Waals surface area contributed by atoms with E-state index in [9.17, 15) is 19.2 Å². The lowest BCUT2D eigenvalue weighted by atomic mass is 9.99. The van der Waals surface area contributed by atoms with Crippen LogP contribution in [-0.4, -0.2) is 58.3 Å². The highest BCUT2D eigenvalue weighted by molar-refractivity contribution is 5.94. The topological polar surface area (TPSA) is 119 Å². The van der Waals surface area contributed by atoms with Crippen molar-refractivity contribution in [1.82, 2.24) is 20.1 Å². The molecule has 0 unspecified atom stereocenters. The Morgan fingerprint density at radius 3 is 2.27 bits per heavy atom. The first-order valence-electron chi connectivity index (χ1n) is 13.1. The third-order valence-electron chi connectivity index (χ3n) is 6.33. The van der Waals surface area contributed by atoms with Crippen LogP contribution >= 0.6 is 0 Å². The number of pyridine rings is 1. The minimum Gasteiger partial charge on any atom is -0.445 e. The van der Waals surface area contributed by atoms with Crippen molar-refractivity contribution < 1.29 is 23.9 Å². The molecule has 0 saturated carbocycles. The van der Waals surface area contributed by atoms with Gasteiger partial charge in [-0.05, 0) is 63.1 Å². The molecule has 10 nitrogen and oxygen atoms in total. The van der Waals surface area contributed by atoms with E-state index in [4.69, 9.17) is 9.47 Å². The number of nitrogens with zero attached hydrogens (tertiary/aromatic N) is 2. The number of alkyl carbamates (subject to hydrolysis) is 1. The second-order valence-corrected chi connectivity index (χ2v) is 10.6. The average Bonchev–Trinajstić information content (AvgIpc) is 2.93. The van der Waals surface area contributed by atoms with Crippen molar-refractivity contribution in [1.29, 1.82) is 0 Å². The standard InChI is InChI=1S/C30H34N4O6/c1-30(2,3)40-29(38)33-18-16-24(32-28(37)39-20-21-9-5-4-6-10-21)25(19-33)31-27(36)22-12-14-23(15-13-22)34-17-8-7-11-26(34)35/h4-15,17,24-25H,16,18-20H2,1-3H3,(H,31,36)(H,32,37)/t24-,25+/m1/s1. The number of rotatable bonds is 6. The number of hydrogen-bond donors (Lipinski definition) is 2. The Hall–Kier alpha value is -4.60. The fourth-order valence-corrected chi connectivity index (χ4v) is 4.35. The highest BCUT2D eigenvalue weighted by atomic mass is 16.6. The Labute approximate surface area is 232 Å². The third kappa shape index (κ3) is 7.72. The monoisotopic (exact) mass is 546 g/mol. The molecule has 3 amide bonds. The van der Waals surface area contributed by atoms with E-state index in [-0.39, 0.29) is 24.6 Å². The van der Waals surface area contributed by atoms with Gasteiger partial charge >= 0.3 is 12.2 Å². The molecule has 1 aromatic heterocycles. The lowest BCUT2D eigenvalue weighted by Crippen LogP contribution is -2.61. The van der Waals surface area contributed by atoms with Gasteiger partial charge in [0.05, 0.1) is 12.1 Å². The zero-order valence-corrected chi connectivity index (χ0v) is 22.8. The summed E-state index contributed by atoms with van der Waals surface area (Å²) in [5, 5.41) is 5.80. The molecule has 1 saturated heterocycles. The number of carbonyl (C=O) groups excluding carboxylic acids is 3. The van der Waals surface area contributed by atoms with Gasteiger partial charge < -0.3 is 25.0 Å². The molecular formula is C30H34N4O6. The molecule has 4 rings (SSSR count). The van der Waals surface area contributed by atoms with Crippen molar-refractivity contribution in [3.8, 4) is 5.69 Å². The van der Waals surface area contributed by atoms with Gasteiger partial charge in [-0.15, -0.1) is 0 Å². The van der Waals surface area contributed by atoms with Crippen LogP contribution < -0.4 is 16.2 Å². The molecule has 0 aliphatic carbocycles. The first-order chi connectivity index (χ1) is 19.1. The highest BCUT2D eigenvalue weighted by Gasteiger charge is 2.35. The molecule has 10 heteroatoms. The van der Waals surface area contributed by atoms with Crippen LogP contribution in [-0.2, 0) is 16.1 Å². The molecule has 40 heavy (non-hydrogen) atoms. The summed E-state index contributed by atoms with van der Waals surface area (Å²) in [7, 11) is 0. The van der Waals surface area contributed by atoms with Gasteiger partial charge in [0.15, 0.2) is 0 Å². The summed E-state index contributed by atoms with van der Waals surface area (Å²) >= 11 is 0. The van der Waals surface area contributed by atoms with Gasteiger partial charge in [0.2, 0.25) is 0 Å². The number of piperidine rings is 1. The van der Waals surface area contributed by atoms with Gasteiger partial charge in [-0.1, -0.05) is 36.4 Å². The van der Waals surface area contributed by atoms with Crippen LogP contribution in [0.25, 0.3) is 5.69 Å². The molecule has 3 aromatic rings. The van der Waals surface area contributed by atoms with Crippen molar-refractivity contribution in [3.05, 3.63) is 100 Å². The predicted octanol–water partition coefficient (Wildman–Crippen LogP) is 3.87. The first kappa shape index (κ1) is 28.4. The van der Waals surface area contributed by atoms with Crippen molar-refractivity contribution in [2.75, 3.05) is 13.1 Å². The summed E-state index contributed by atoms with van der Waals surface area (Å²) in [4.78, 5) is 52.2. The molecule has 2 aromatic carbocycles. The van der Waals surface area contributed by atoms with E-state index in [1.54, 1.807) is 63.4 Å². The van der Waals surface area contributed by atoms with Gasteiger partial charge in [-0.2, -0.15) is 0 Å². The number of hydrogen-bond acceptors (Lipinski definition) is 6. The van der Waals surface area contributed by atoms with Crippen molar-refractivity contribution >= 4 is 18.1 Å². The molecule has 0 radical (unpaired) electrons. The number of carbonyl (C=O) groups is 3. The van der Waals surface area contributed by atoms with Gasteiger partial charge in [0.1, 0.15) is 12.2 Å². The van der Waals surface area contributed by atoms with Crippen LogP contribution in [0.3, 0.4) is 0 Å². The summed E-state index contributed by atoms with van der Waals surface area (Å²) in [6.07, 6.45) is 0.934. The summed E-state index contributed by atoms with van der Waals surface area (Å²) < 4.78 is 12.4. The van der Waals surface area contributed by atoms with Crippen LogP contribution in [0, 0.1) is 0 Å². The number of likely N-dealkylation sites (tertiary alicyclic amines) is 1. The molecule has 1 aliphatic rings. The number of benzene rings is 2. The van der Waals surface area contributed by atoms with Crippen LogP contribution in [0.4, 0.5) is 9.59 Å². The molecule has 2 atom stereocenters. The minimum absolute atomic E-state index is 0.108. The number of amides is 3. The Bertz CT molecular complexity index is 1380. The number of aromatic nitrogens is 1. The molecule has 0 spiro atoms. The van der Waals surface area contributed by atoms with Crippen LogP contribution in [0.2, 0.25) is 0 Å². The van der Waals surface area contributed by atoms with Gasteiger partial charge in [-0.3, -0.25) is 14.2 Å². The summed E-state index contributed by atoms with van der Waals surface area (Å²) in [5.41, 5.74) is 0.985. The molecule has 0 bridgehead atoms. The van der Waals surface area contributed by atoms with E-state index < -0.39 is 29.9 Å². The Kier molecular flexibility index (Phi) is 8.88. The number of nitrogens with one attached hydrogen (secondary N) is 2. The second-order valence-electron chi connectivity index (χ2n) is 10.6. The third-order valence-corrected chi connectivity index (χ3v) is 6.33. The molecule has 1 aliphatic heterocycles. The summed E-state index contributed by atoms with van der Waals surface area (Å²) in [6, 6.07) is 19.7. The van der Waals surface area contributed by atoms with Gasteiger partial charge in [0, 0.05) is 36.6 Å². The Morgan fingerprint density at radius 1 is 0.900 bits per heavy atom. The fraction of sp³-hybridized carbons (Fsp3) is 0.333. The molecular weight excluding hydrogens is 512 g/mol. The summed E-state index contributed by atoms with van der Waals surface area (Å²) in [5.74, 6) is -0.382. The Morgan fingerprint density at radius 2 is 1.60 bits per heavy atom. The highest BCUT2D eigenvalue weighted by Crippen LogP contribution is 2.18. The normalized spacial score (nSPS) is 17.0. The van der Waals surface area contributed by atoms with E-state index in [1.165, 1.54) is 15.5 Å². The molecule has 210 valence electrons. The van der Waals surface area contributed by atoms with Gasteiger partial charge in [-0.25, -0.2) is 9.59 Å². The summed E-state index contributed by atoms with van der Waals surface area (Å²) in [6.45, 7) is 5.95. The largest absolute Gasteiger partial charge is 0.445 e. The smallest absolute Gasteiger partial charge is 0.410 e. The van der Waals surface area contributed by atoms with E-state index >= 15 is 0 Å². The number of ether oxygens (including phenoxy) is 2. The zero-order valence-electron chi connectivity index (χ0n) is 22.8. The van der Waals surface area contributed by atoms with E-state index in [0.717, 1.165) is 5.56 Å². The average molecular weight is 547 g/mol. The van der Waals surface area contributed by atoms with E-state index in [1.807, 2.05) is 30.3 Å². The molecule has 2 heterocycles. The van der Waals surface area contributed by atoms with Crippen molar-refractivity contribution in [2.24, 2.45) is 0 Å². The van der Waals surface area contributed by atoms with Crippen molar-refractivity contribution in [3.63, 3.8) is 0 Å². The van der Waals surface area contributed by atoms with Crippen LogP contribution in [0.15, 0.2) is 83.8 Å². The maximum absolute atomic E-state index is 13.2. The lowest BCUT2D eigenvalue weighted by molar-refractivity contribution is 0.0159. The van der Waals surface area contributed by atoms with Gasteiger partial charge in [0.25, 0.3) is 11.5 Å². The first-order valence-corrected chi connectivity index (χ1v) is 13.1. The maximum atomic E-state index is 13.2. The van der Waals surface area contributed by atoms with Crippen LogP contribution in [0.1, 0.15) is 43.1 Å².